The molecule has 0 atom stereocenters. The van der Waals surface area contributed by atoms with Gasteiger partial charge in [-0.25, -0.2) is 4.98 Å². The summed E-state index contributed by atoms with van der Waals surface area (Å²) in [5.74, 6) is 0.148. The molecule has 0 spiro atoms. The second-order valence-corrected chi connectivity index (χ2v) is 7.01. The van der Waals surface area contributed by atoms with Crippen molar-refractivity contribution in [2.45, 2.75) is 45.4 Å². The highest BCUT2D eigenvalue weighted by Crippen LogP contribution is 2.31. The van der Waals surface area contributed by atoms with Crippen LogP contribution in [-0.2, 0) is 24.1 Å². The average Bonchev–Trinajstić information content (AvgIpc) is 2.97. The summed E-state index contributed by atoms with van der Waals surface area (Å²) in [5.41, 5.74) is 3.72. The van der Waals surface area contributed by atoms with Crippen LogP contribution in [0.5, 0.6) is 0 Å². The molecule has 3 rings (SSSR count). The van der Waals surface area contributed by atoms with Gasteiger partial charge in [0.25, 0.3) is 0 Å². The number of aryl methyl sites for hydroxylation is 4. The number of rotatable bonds is 4. The van der Waals surface area contributed by atoms with E-state index in [-0.39, 0.29) is 5.91 Å². The van der Waals surface area contributed by atoms with Crippen molar-refractivity contribution >= 4 is 22.4 Å². The van der Waals surface area contributed by atoms with E-state index in [2.05, 4.69) is 24.0 Å². The Kier molecular flexibility index (Phi) is 4.57. The minimum Gasteiger partial charge on any atom is -0.291 e. The predicted molar refractivity (Wildman–Crippen MR) is 91.7 cm³/mol. The number of thiazole rings is 1. The van der Waals surface area contributed by atoms with Gasteiger partial charge in [0, 0.05) is 18.3 Å². The molecule has 1 amide bonds. The van der Waals surface area contributed by atoms with Gasteiger partial charge in [-0.1, -0.05) is 24.3 Å². The molecule has 0 saturated heterocycles. The first kappa shape index (κ1) is 15.2. The van der Waals surface area contributed by atoms with Gasteiger partial charge in [0.2, 0.25) is 5.91 Å². The summed E-state index contributed by atoms with van der Waals surface area (Å²) < 4.78 is 0. The molecule has 1 aliphatic carbocycles. The van der Waals surface area contributed by atoms with Crippen molar-refractivity contribution in [1.29, 1.82) is 0 Å². The third kappa shape index (κ3) is 3.22. The fourth-order valence-electron chi connectivity index (χ4n) is 2.89. The third-order valence-electron chi connectivity index (χ3n) is 4.36. The van der Waals surface area contributed by atoms with Gasteiger partial charge in [-0.05, 0) is 50.2 Å². The maximum atomic E-state index is 12.4. The Labute approximate surface area is 136 Å². The molecule has 0 bridgehead atoms. The second kappa shape index (κ2) is 6.61. The molecule has 1 heterocycles. The molecule has 0 fully saturated rings. The number of carbonyl (C=O) groups is 1. The first-order chi connectivity index (χ1) is 10.6. The van der Waals surface area contributed by atoms with Crippen molar-refractivity contribution < 1.29 is 4.79 Å². The summed E-state index contributed by atoms with van der Waals surface area (Å²) in [4.78, 5) is 20.2. The highest BCUT2D eigenvalue weighted by atomic mass is 32.1. The zero-order valence-corrected chi connectivity index (χ0v) is 14.1. The van der Waals surface area contributed by atoms with Crippen LogP contribution in [0, 0.1) is 6.92 Å². The van der Waals surface area contributed by atoms with Crippen LogP contribution >= 0.6 is 11.3 Å². The first-order valence-electron chi connectivity index (χ1n) is 7.95. The Morgan fingerprint density at radius 2 is 2.05 bits per heavy atom. The molecule has 3 nitrogen and oxygen atoms in total. The molecule has 0 radical (unpaired) electrons. The van der Waals surface area contributed by atoms with Crippen molar-refractivity contribution in [3.05, 3.63) is 46.0 Å². The maximum absolute atomic E-state index is 12.4. The van der Waals surface area contributed by atoms with Crippen molar-refractivity contribution in [3.8, 4) is 0 Å². The fourth-order valence-corrected chi connectivity index (χ4v) is 4.02. The minimum absolute atomic E-state index is 0.148. The molecule has 0 saturated carbocycles. The summed E-state index contributed by atoms with van der Waals surface area (Å²) in [5, 5.41) is 0.863. The number of hydrogen-bond donors (Lipinski definition) is 0. The number of anilines is 1. The standard InChI is InChI=1S/C18H22N2OS/c1-13-7-3-4-8-14(13)11-12-17(21)20(2)18-19-15-9-5-6-10-16(15)22-18/h3-4,7-8H,5-6,9-12H2,1-2H3. The number of benzene rings is 1. The van der Waals surface area contributed by atoms with Gasteiger partial charge >= 0.3 is 0 Å². The molecule has 0 N–H and O–H groups in total. The van der Waals surface area contributed by atoms with Crippen LogP contribution in [0.2, 0.25) is 0 Å². The first-order valence-corrected chi connectivity index (χ1v) is 8.76. The Morgan fingerprint density at radius 3 is 2.82 bits per heavy atom. The van der Waals surface area contributed by atoms with E-state index in [1.807, 2.05) is 19.2 Å². The lowest BCUT2D eigenvalue weighted by molar-refractivity contribution is -0.118. The topological polar surface area (TPSA) is 33.2 Å². The summed E-state index contributed by atoms with van der Waals surface area (Å²) in [7, 11) is 1.85. The van der Waals surface area contributed by atoms with Crippen molar-refractivity contribution in [1.82, 2.24) is 4.98 Å². The van der Waals surface area contributed by atoms with Crippen LogP contribution in [0.1, 0.15) is 41.0 Å². The number of nitrogens with zero attached hydrogens (tertiary/aromatic N) is 2. The lowest BCUT2D eigenvalue weighted by Crippen LogP contribution is -2.26. The number of carbonyl (C=O) groups excluding carboxylic acids is 1. The second-order valence-electron chi connectivity index (χ2n) is 5.95. The van der Waals surface area contributed by atoms with Gasteiger partial charge in [0.05, 0.1) is 5.69 Å². The normalized spacial score (nSPS) is 13.7. The number of hydrogen-bond acceptors (Lipinski definition) is 3. The van der Waals surface area contributed by atoms with E-state index in [0.29, 0.717) is 6.42 Å². The van der Waals surface area contributed by atoms with Crippen LogP contribution in [0.4, 0.5) is 5.13 Å². The molecule has 1 aromatic carbocycles. The number of aromatic nitrogens is 1. The van der Waals surface area contributed by atoms with Crippen LogP contribution in [0.25, 0.3) is 0 Å². The zero-order valence-electron chi connectivity index (χ0n) is 13.3. The smallest absolute Gasteiger partial charge is 0.228 e. The Morgan fingerprint density at radius 1 is 1.27 bits per heavy atom. The quantitative estimate of drug-likeness (QED) is 0.857. The predicted octanol–water partition coefficient (Wildman–Crippen LogP) is 3.93. The van der Waals surface area contributed by atoms with Crippen molar-refractivity contribution in [3.63, 3.8) is 0 Å². The average molecular weight is 314 g/mol. The van der Waals surface area contributed by atoms with E-state index in [1.54, 1.807) is 16.2 Å². The maximum Gasteiger partial charge on any atom is 0.228 e. The van der Waals surface area contributed by atoms with Gasteiger partial charge in [-0.2, -0.15) is 0 Å². The van der Waals surface area contributed by atoms with Crippen molar-refractivity contribution in [2.24, 2.45) is 0 Å². The Balaban J connectivity index is 1.64. The molecular formula is C18H22N2OS. The molecule has 2 aromatic rings. The largest absolute Gasteiger partial charge is 0.291 e. The van der Waals surface area contributed by atoms with Gasteiger partial charge in [-0.3, -0.25) is 9.69 Å². The fraction of sp³-hybridized carbons (Fsp3) is 0.444. The molecule has 22 heavy (non-hydrogen) atoms. The molecule has 4 heteroatoms. The van der Waals surface area contributed by atoms with Gasteiger partial charge in [-0.15, -0.1) is 11.3 Å². The molecular weight excluding hydrogens is 292 g/mol. The molecule has 116 valence electrons. The van der Waals surface area contributed by atoms with Crippen LogP contribution in [-0.4, -0.2) is 17.9 Å². The van der Waals surface area contributed by atoms with Gasteiger partial charge in [0.15, 0.2) is 5.13 Å². The lowest BCUT2D eigenvalue weighted by Gasteiger charge is -2.14. The summed E-state index contributed by atoms with van der Waals surface area (Å²) in [6.07, 6.45) is 5.99. The third-order valence-corrected chi connectivity index (χ3v) is 5.60. The van der Waals surface area contributed by atoms with E-state index in [1.165, 1.54) is 34.5 Å². The van der Waals surface area contributed by atoms with E-state index < -0.39 is 0 Å². The highest BCUT2D eigenvalue weighted by Gasteiger charge is 2.20. The summed E-state index contributed by atoms with van der Waals surface area (Å²) in [6, 6.07) is 8.27. The zero-order chi connectivity index (χ0) is 15.5. The van der Waals surface area contributed by atoms with Crippen LogP contribution in [0.15, 0.2) is 24.3 Å². The Hall–Kier alpha value is -1.68. The summed E-state index contributed by atoms with van der Waals surface area (Å²) >= 11 is 1.69. The SMILES string of the molecule is Cc1ccccc1CCC(=O)N(C)c1nc2c(s1)CCCC2. The number of fused-ring (bicyclic) bond motifs is 1. The van der Waals surface area contributed by atoms with E-state index in [0.717, 1.165) is 24.4 Å². The highest BCUT2D eigenvalue weighted by molar-refractivity contribution is 7.15. The van der Waals surface area contributed by atoms with E-state index >= 15 is 0 Å². The van der Waals surface area contributed by atoms with Gasteiger partial charge < -0.3 is 0 Å². The van der Waals surface area contributed by atoms with Crippen LogP contribution < -0.4 is 4.90 Å². The monoisotopic (exact) mass is 314 g/mol. The van der Waals surface area contributed by atoms with E-state index in [9.17, 15) is 4.79 Å². The molecule has 0 unspecified atom stereocenters. The summed E-state index contributed by atoms with van der Waals surface area (Å²) in [6.45, 7) is 2.10. The van der Waals surface area contributed by atoms with E-state index in [4.69, 9.17) is 0 Å². The molecule has 1 aromatic heterocycles. The number of amides is 1. The molecule has 0 aliphatic heterocycles. The van der Waals surface area contributed by atoms with Gasteiger partial charge in [0.1, 0.15) is 0 Å². The minimum atomic E-state index is 0.148. The lowest BCUT2D eigenvalue weighted by atomic mass is 10.0. The molecule has 1 aliphatic rings. The van der Waals surface area contributed by atoms with Crippen LogP contribution in [0.3, 0.4) is 0 Å². The Bertz CT molecular complexity index is 654. The van der Waals surface area contributed by atoms with Crippen molar-refractivity contribution in [2.75, 3.05) is 11.9 Å².